The van der Waals surface area contributed by atoms with Crippen molar-refractivity contribution in [2.45, 2.75) is 63.7 Å². The van der Waals surface area contributed by atoms with Crippen LogP contribution in [-0.2, 0) is 28.1 Å². The van der Waals surface area contributed by atoms with Gasteiger partial charge in [0.2, 0.25) is 5.95 Å². The van der Waals surface area contributed by atoms with E-state index >= 15 is 0 Å². The SMILES string of the molecule is CCc1cnc(N2CCC3(CC2)OC(C(=O)N2CCCCC2)Cn2ccnc23)nc1. The number of carbonyl (C=O) groups excluding carboxylic acids is 1. The Balaban J connectivity index is 1.33. The molecule has 0 saturated carbocycles. The van der Waals surface area contributed by atoms with Crippen molar-refractivity contribution in [1.29, 1.82) is 0 Å². The third kappa shape index (κ3) is 3.47. The van der Waals surface area contributed by atoms with E-state index in [-0.39, 0.29) is 5.91 Å². The lowest BCUT2D eigenvalue weighted by atomic mass is 9.88. The molecule has 1 amide bonds. The van der Waals surface area contributed by atoms with Crippen LogP contribution in [0.25, 0.3) is 0 Å². The van der Waals surface area contributed by atoms with Gasteiger partial charge >= 0.3 is 0 Å². The van der Waals surface area contributed by atoms with Crippen LogP contribution < -0.4 is 4.90 Å². The Morgan fingerprint density at radius 3 is 2.53 bits per heavy atom. The minimum absolute atomic E-state index is 0.134. The van der Waals surface area contributed by atoms with Gasteiger partial charge < -0.3 is 19.1 Å². The summed E-state index contributed by atoms with van der Waals surface area (Å²) in [6.45, 7) is 5.92. The molecule has 1 atom stereocenters. The predicted octanol–water partition coefficient (Wildman–Crippen LogP) is 2.14. The van der Waals surface area contributed by atoms with Crippen molar-refractivity contribution < 1.29 is 9.53 Å². The zero-order chi connectivity index (χ0) is 20.6. The van der Waals surface area contributed by atoms with E-state index in [1.807, 2.05) is 29.7 Å². The third-order valence-electron chi connectivity index (χ3n) is 6.75. The molecule has 2 saturated heterocycles. The highest BCUT2D eigenvalue weighted by Gasteiger charge is 2.48. The Kier molecular flexibility index (Phi) is 5.18. The molecule has 30 heavy (non-hydrogen) atoms. The van der Waals surface area contributed by atoms with E-state index in [2.05, 4.69) is 31.3 Å². The molecule has 3 aliphatic heterocycles. The number of fused-ring (bicyclic) bond motifs is 2. The summed E-state index contributed by atoms with van der Waals surface area (Å²) in [7, 11) is 0. The molecular formula is C22H30N6O2. The Labute approximate surface area is 177 Å². The average Bonchev–Trinajstić information content (AvgIpc) is 3.30. The minimum Gasteiger partial charge on any atom is -0.352 e. The number of imidazole rings is 1. The standard InChI is InChI=1S/C22H30N6O2/c1-2-17-14-24-21(25-15-17)27-11-6-22(7-12-27)20-23-8-13-28(20)16-18(30-22)19(29)26-9-4-3-5-10-26/h8,13-15,18H,2-7,9-12,16H2,1H3. The maximum absolute atomic E-state index is 13.2. The summed E-state index contributed by atoms with van der Waals surface area (Å²) in [5.41, 5.74) is 0.626. The lowest BCUT2D eigenvalue weighted by Crippen LogP contribution is -2.55. The zero-order valence-corrected chi connectivity index (χ0v) is 17.7. The van der Waals surface area contributed by atoms with Crippen molar-refractivity contribution in [2.75, 3.05) is 31.1 Å². The number of likely N-dealkylation sites (tertiary alicyclic amines) is 1. The van der Waals surface area contributed by atoms with Gasteiger partial charge in [-0.05, 0) is 31.2 Å². The number of hydrogen-bond donors (Lipinski definition) is 0. The number of anilines is 1. The molecule has 8 nitrogen and oxygen atoms in total. The maximum atomic E-state index is 13.2. The van der Waals surface area contributed by atoms with E-state index in [4.69, 9.17) is 4.74 Å². The number of nitrogens with zero attached hydrogens (tertiary/aromatic N) is 6. The summed E-state index contributed by atoms with van der Waals surface area (Å²) in [4.78, 5) is 31.1. The molecule has 5 heterocycles. The number of amides is 1. The molecule has 2 fully saturated rings. The molecule has 0 bridgehead atoms. The van der Waals surface area contributed by atoms with Gasteiger partial charge in [0, 0.05) is 63.8 Å². The van der Waals surface area contributed by atoms with Crippen LogP contribution in [0.2, 0.25) is 0 Å². The molecule has 8 heteroatoms. The first kappa shape index (κ1) is 19.5. The summed E-state index contributed by atoms with van der Waals surface area (Å²) in [5.74, 6) is 1.85. The van der Waals surface area contributed by atoms with E-state index in [0.717, 1.165) is 75.6 Å². The Hall–Kier alpha value is -2.48. The first-order valence-corrected chi connectivity index (χ1v) is 11.2. The van der Waals surface area contributed by atoms with E-state index in [1.165, 1.54) is 6.42 Å². The normalized spacial score (nSPS) is 23.4. The molecule has 2 aromatic heterocycles. The van der Waals surface area contributed by atoms with Crippen molar-refractivity contribution in [2.24, 2.45) is 0 Å². The van der Waals surface area contributed by atoms with Gasteiger partial charge in [0.15, 0.2) is 6.10 Å². The second kappa shape index (κ2) is 7.98. The molecule has 0 aliphatic carbocycles. The van der Waals surface area contributed by atoms with Crippen LogP contribution in [0.3, 0.4) is 0 Å². The van der Waals surface area contributed by atoms with Crippen LogP contribution in [0, 0.1) is 0 Å². The summed E-state index contributed by atoms with van der Waals surface area (Å²) < 4.78 is 8.72. The first-order chi connectivity index (χ1) is 14.7. The summed E-state index contributed by atoms with van der Waals surface area (Å²) in [6.07, 6.45) is 13.1. The smallest absolute Gasteiger partial charge is 0.253 e. The van der Waals surface area contributed by atoms with Gasteiger partial charge in [-0.15, -0.1) is 0 Å². The van der Waals surface area contributed by atoms with E-state index < -0.39 is 11.7 Å². The highest BCUT2D eigenvalue weighted by molar-refractivity contribution is 5.81. The average molecular weight is 411 g/mol. The highest BCUT2D eigenvalue weighted by Crippen LogP contribution is 2.41. The number of aryl methyl sites for hydroxylation is 1. The fourth-order valence-electron chi connectivity index (χ4n) is 4.95. The quantitative estimate of drug-likeness (QED) is 0.772. The van der Waals surface area contributed by atoms with Gasteiger partial charge in [0.05, 0.1) is 6.54 Å². The summed E-state index contributed by atoms with van der Waals surface area (Å²) >= 11 is 0. The van der Waals surface area contributed by atoms with Gasteiger partial charge in [-0.25, -0.2) is 15.0 Å². The molecular weight excluding hydrogens is 380 g/mol. The van der Waals surface area contributed by atoms with Crippen LogP contribution in [0.4, 0.5) is 5.95 Å². The Morgan fingerprint density at radius 2 is 1.83 bits per heavy atom. The number of ether oxygens (including phenoxy) is 1. The van der Waals surface area contributed by atoms with E-state index in [0.29, 0.717) is 6.54 Å². The molecule has 160 valence electrons. The van der Waals surface area contributed by atoms with Gasteiger partial charge in [-0.2, -0.15) is 0 Å². The number of rotatable bonds is 3. The fraction of sp³-hybridized carbons (Fsp3) is 0.636. The number of piperidine rings is 2. The van der Waals surface area contributed by atoms with E-state index in [1.54, 1.807) is 0 Å². The van der Waals surface area contributed by atoms with Crippen molar-refractivity contribution in [3.63, 3.8) is 0 Å². The zero-order valence-electron chi connectivity index (χ0n) is 17.7. The van der Waals surface area contributed by atoms with Crippen molar-refractivity contribution in [3.8, 4) is 0 Å². The second-order valence-corrected chi connectivity index (χ2v) is 8.62. The first-order valence-electron chi connectivity index (χ1n) is 11.2. The highest BCUT2D eigenvalue weighted by atomic mass is 16.5. The van der Waals surface area contributed by atoms with Crippen molar-refractivity contribution in [1.82, 2.24) is 24.4 Å². The second-order valence-electron chi connectivity index (χ2n) is 8.62. The van der Waals surface area contributed by atoms with Crippen LogP contribution >= 0.6 is 0 Å². The van der Waals surface area contributed by atoms with Crippen LogP contribution in [0.15, 0.2) is 24.8 Å². The summed E-state index contributed by atoms with van der Waals surface area (Å²) in [5, 5.41) is 0. The fourth-order valence-corrected chi connectivity index (χ4v) is 4.95. The van der Waals surface area contributed by atoms with Crippen molar-refractivity contribution in [3.05, 3.63) is 36.2 Å². The monoisotopic (exact) mass is 410 g/mol. The van der Waals surface area contributed by atoms with Crippen LogP contribution in [-0.4, -0.2) is 62.6 Å². The number of hydrogen-bond acceptors (Lipinski definition) is 6. The number of carbonyl (C=O) groups is 1. The molecule has 0 aromatic carbocycles. The lowest BCUT2D eigenvalue weighted by molar-refractivity contribution is -0.176. The Morgan fingerprint density at radius 1 is 1.10 bits per heavy atom. The third-order valence-corrected chi connectivity index (χ3v) is 6.75. The van der Waals surface area contributed by atoms with Gasteiger partial charge in [0.1, 0.15) is 11.4 Å². The van der Waals surface area contributed by atoms with Gasteiger partial charge in [-0.3, -0.25) is 4.79 Å². The molecule has 1 unspecified atom stereocenters. The molecule has 0 radical (unpaired) electrons. The Bertz CT molecular complexity index is 881. The maximum Gasteiger partial charge on any atom is 0.253 e. The van der Waals surface area contributed by atoms with Gasteiger partial charge in [-0.1, -0.05) is 6.92 Å². The van der Waals surface area contributed by atoms with E-state index in [9.17, 15) is 4.79 Å². The molecule has 0 N–H and O–H groups in total. The van der Waals surface area contributed by atoms with Crippen molar-refractivity contribution >= 4 is 11.9 Å². The largest absolute Gasteiger partial charge is 0.352 e. The molecule has 1 spiro atoms. The summed E-state index contributed by atoms with van der Waals surface area (Å²) in [6, 6.07) is 0. The molecule has 3 aliphatic rings. The van der Waals surface area contributed by atoms with Crippen LogP contribution in [0.1, 0.15) is 50.4 Å². The minimum atomic E-state index is -0.516. The van der Waals surface area contributed by atoms with Crippen LogP contribution in [0.5, 0.6) is 0 Å². The molecule has 5 rings (SSSR count). The molecule has 2 aromatic rings. The van der Waals surface area contributed by atoms with Gasteiger partial charge in [0.25, 0.3) is 5.91 Å². The topological polar surface area (TPSA) is 76.4 Å². The lowest BCUT2D eigenvalue weighted by Gasteiger charge is -2.46. The predicted molar refractivity (Wildman–Crippen MR) is 112 cm³/mol. The number of aromatic nitrogens is 4.